The summed E-state index contributed by atoms with van der Waals surface area (Å²) in [5, 5.41) is 4.84. The maximum Gasteiger partial charge on any atom is 0.255 e. The zero-order valence-electron chi connectivity index (χ0n) is 16.4. The van der Waals surface area contributed by atoms with E-state index in [0.717, 1.165) is 21.9 Å². The van der Waals surface area contributed by atoms with E-state index in [-0.39, 0.29) is 5.91 Å². The van der Waals surface area contributed by atoms with Gasteiger partial charge in [0.2, 0.25) is 0 Å². The molecule has 0 fully saturated rings. The van der Waals surface area contributed by atoms with E-state index in [1.807, 2.05) is 60.7 Å². The molecule has 2 N–H and O–H groups in total. The molecule has 1 amide bonds. The number of amides is 1. The van der Waals surface area contributed by atoms with Crippen molar-refractivity contribution in [2.24, 2.45) is 0 Å². The van der Waals surface area contributed by atoms with Gasteiger partial charge in [-0.3, -0.25) is 14.5 Å². The molecule has 0 radical (unpaired) electrons. The van der Waals surface area contributed by atoms with Crippen LogP contribution in [0.1, 0.15) is 15.9 Å². The van der Waals surface area contributed by atoms with E-state index in [1.165, 1.54) is 6.08 Å². The van der Waals surface area contributed by atoms with Gasteiger partial charge in [0.15, 0.2) is 0 Å². The lowest BCUT2D eigenvalue weighted by atomic mass is 10.2. The molecule has 0 saturated heterocycles. The third kappa shape index (κ3) is 5.34. The minimum absolute atomic E-state index is 0.310. The molecule has 4 aromatic rings. The molecule has 6 nitrogen and oxygen atoms in total. The number of hydrogen-bond acceptors (Lipinski definition) is 4. The Kier molecular flexibility index (Phi) is 5.77. The molecule has 0 saturated carbocycles. The van der Waals surface area contributed by atoms with Gasteiger partial charge in [0.1, 0.15) is 0 Å². The summed E-state index contributed by atoms with van der Waals surface area (Å²) in [6, 6.07) is 24.8. The highest BCUT2D eigenvalue weighted by molar-refractivity contribution is 7.95. The van der Waals surface area contributed by atoms with E-state index in [4.69, 9.17) is 0 Å². The minimum Gasteiger partial charge on any atom is -0.321 e. The number of anilines is 2. The number of aromatic nitrogens is 1. The Morgan fingerprint density at radius 1 is 0.839 bits per heavy atom. The number of rotatable bonds is 6. The Hall–Kier alpha value is -3.97. The molecule has 0 atom stereocenters. The average molecular weight is 430 g/mol. The molecule has 1 heterocycles. The summed E-state index contributed by atoms with van der Waals surface area (Å²) >= 11 is 0. The Morgan fingerprint density at radius 2 is 1.55 bits per heavy atom. The first-order valence-corrected chi connectivity index (χ1v) is 11.1. The van der Waals surface area contributed by atoms with Crippen LogP contribution in [0.15, 0.2) is 96.5 Å². The summed E-state index contributed by atoms with van der Waals surface area (Å²) in [6.45, 7) is 0. The molecule has 31 heavy (non-hydrogen) atoms. The Labute approximate surface area is 180 Å². The van der Waals surface area contributed by atoms with Gasteiger partial charge in [-0.15, -0.1) is 0 Å². The number of pyridine rings is 1. The van der Waals surface area contributed by atoms with Crippen molar-refractivity contribution in [2.45, 2.75) is 0 Å². The van der Waals surface area contributed by atoms with Crippen molar-refractivity contribution in [3.63, 3.8) is 0 Å². The average Bonchev–Trinajstić information content (AvgIpc) is 2.79. The molecule has 7 heteroatoms. The van der Waals surface area contributed by atoms with Gasteiger partial charge in [-0.05, 0) is 48.0 Å². The summed E-state index contributed by atoms with van der Waals surface area (Å²) < 4.78 is 27.0. The number of carbonyl (C=O) groups excluding carboxylic acids is 1. The van der Waals surface area contributed by atoms with Gasteiger partial charge < -0.3 is 5.32 Å². The Bertz CT molecular complexity index is 1350. The summed E-state index contributed by atoms with van der Waals surface area (Å²) in [6.07, 6.45) is 3.11. The van der Waals surface area contributed by atoms with Gasteiger partial charge >= 0.3 is 0 Å². The number of nitrogens with one attached hydrogen (secondary N) is 2. The summed E-state index contributed by atoms with van der Waals surface area (Å²) in [5.74, 6) is -0.310. The number of fused-ring (bicyclic) bond motifs is 1. The molecule has 4 rings (SSSR count). The van der Waals surface area contributed by atoms with Crippen LogP contribution in [-0.2, 0) is 10.0 Å². The highest BCUT2D eigenvalue weighted by Crippen LogP contribution is 2.18. The third-order valence-electron chi connectivity index (χ3n) is 4.49. The zero-order chi connectivity index (χ0) is 21.7. The topological polar surface area (TPSA) is 88.2 Å². The van der Waals surface area contributed by atoms with Crippen molar-refractivity contribution in [3.05, 3.63) is 108 Å². The molecule has 1 aromatic heterocycles. The van der Waals surface area contributed by atoms with Crippen LogP contribution < -0.4 is 10.0 Å². The fourth-order valence-electron chi connectivity index (χ4n) is 2.96. The fourth-order valence-corrected chi connectivity index (χ4v) is 3.83. The minimum atomic E-state index is -3.67. The third-order valence-corrected chi connectivity index (χ3v) is 5.51. The van der Waals surface area contributed by atoms with Crippen LogP contribution in [0.4, 0.5) is 11.4 Å². The van der Waals surface area contributed by atoms with Crippen molar-refractivity contribution in [1.29, 1.82) is 0 Å². The molecule has 154 valence electrons. The lowest BCUT2D eigenvalue weighted by molar-refractivity contribution is 0.102. The van der Waals surface area contributed by atoms with Crippen LogP contribution in [0, 0.1) is 0 Å². The molecule has 0 spiro atoms. The molecular weight excluding hydrogens is 410 g/mol. The van der Waals surface area contributed by atoms with Crippen molar-refractivity contribution in [1.82, 2.24) is 4.98 Å². The second-order valence-electron chi connectivity index (χ2n) is 6.81. The van der Waals surface area contributed by atoms with Crippen LogP contribution in [0.5, 0.6) is 0 Å². The van der Waals surface area contributed by atoms with E-state index in [2.05, 4.69) is 15.0 Å². The summed E-state index contributed by atoms with van der Waals surface area (Å²) in [7, 11) is -3.67. The molecule has 0 aliphatic rings. The number of carbonyl (C=O) groups is 1. The second-order valence-corrected chi connectivity index (χ2v) is 8.37. The predicted octanol–water partition coefficient (Wildman–Crippen LogP) is 4.90. The van der Waals surface area contributed by atoms with Gasteiger partial charge in [-0.25, -0.2) is 8.42 Å². The Morgan fingerprint density at radius 3 is 2.32 bits per heavy atom. The fraction of sp³-hybridized carbons (Fsp3) is 0. The lowest BCUT2D eigenvalue weighted by Gasteiger charge is -2.08. The monoisotopic (exact) mass is 429 g/mol. The van der Waals surface area contributed by atoms with Gasteiger partial charge in [-0.1, -0.05) is 48.5 Å². The van der Waals surface area contributed by atoms with Crippen LogP contribution in [0.2, 0.25) is 0 Å². The van der Waals surface area contributed by atoms with Crippen LogP contribution >= 0.6 is 0 Å². The maximum absolute atomic E-state index is 12.5. The largest absolute Gasteiger partial charge is 0.321 e. The number of nitrogens with zero attached hydrogens (tertiary/aromatic N) is 1. The van der Waals surface area contributed by atoms with Crippen molar-refractivity contribution in [3.8, 4) is 0 Å². The summed E-state index contributed by atoms with van der Waals surface area (Å²) in [5.41, 5.74) is 2.97. The molecular formula is C24H19N3O3S. The number of benzene rings is 3. The maximum atomic E-state index is 12.5. The quantitative estimate of drug-likeness (QED) is 0.456. The van der Waals surface area contributed by atoms with E-state index < -0.39 is 10.0 Å². The highest BCUT2D eigenvalue weighted by Gasteiger charge is 2.09. The van der Waals surface area contributed by atoms with Crippen molar-refractivity contribution >= 4 is 44.3 Å². The second kappa shape index (κ2) is 8.81. The standard InChI is InChI=1S/C24H19N3O3S/c28-24(26-22-16-20-8-4-5-9-23(20)25-17-22)19-10-12-21(13-11-19)27-31(29,30)15-14-18-6-2-1-3-7-18/h1-17,27H,(H,26,28)/b15-14+. The molecule has 0 aliphatic heterocycles. The molecule has 0 aliphatic carbocycles. The van der Waals surface area contributed by atoms with Crippen LogP contribution in [-0.4, -0.2) is 19.3 Å². The zero-order valence-corrected chi connectivity index (χ0v) is 17.2. The molecule has 0 bridgehead atoms. The molecule has 3 aromatic carbocycles. The van der Waals surface area contributed by atoms with Gasteiger partial charge in [0.05, 0.1) is 22.8 Å². The van der Waals surface area contributed by atoms with Gasteiger partial charge in [0.25, 0.3) is 15.9 Å². The van der Waals surface area contributed by atoms with E-state index in [1.54, 1.807) is 30.5 Å². The van der Waals surface area contributed by atoms with Crippen LogP contribution in [0.3, 0.4) is 0 Å². The predicted molar refractivity (Wildman–Crippen MR) is 124 cm³/mol. The first kappa shape index (κ1) is 20.3. The number of sulfonamides is 1. The number of para-hydroxylation sites is 1. The normalized spacial score (nSPS) is 11.5. The van der Waals surface area contributed by atoms with Crippen molar-refractivity contribution < 1.29 is 13.2 Å². The first-order valence-electron chi connectivity index (χ1n) is 9.51. The lowest BCUT2D eigenvalue weighted by Crippen LogP contribution is -2.13. The van der Waals surface area contributed by atoms with E-state index in [9.17, 15) is 13.2 Å². The van der Waals surface area contributed by atoms with Gasteiger partial charge in [-0.2, -0.15) is 0 Å². The first-order chi connectivity index (χ1) is 15.0. The summed E-state index contributed by atoms with van der Waals surface area (Å²) in [4.78, 5) is 16.8. The number of hydrogen-bond donors (Lipinski definition) is 2. The van der Waals surface area contributed by atoms with E-state index in [0.29, 0.717) is 16.9 Å². The molecule has 0 unspecified atom stereocenters. The highest BCUT2D eigenvalue weighted by atomic mass is 32.2. The van der Waals surface area contributed by atoms with Crippen LogP contribution in [0.25, 0.3) is 17.0 Å². The van der Waals surface area contributed by atoms with E-state index >= 15 is 0 Å². The smallest absolute Gasteiger partial charge is 0.255 e. The Balaban J connectivity index is 1.42. The van der Waals surface area contributed by atoms with Crippen molar-refractivity contribution in [2.75, 3.05) is 10.0 Å². The van der Waals surface area contributed by atoms with Gasteiger partial charge in [0, 0.05) is 16.6 Å². The SMILES string of the molecule is O=C(Nc1cnc2ccccc2c1)c1ccc(NS(=O)(=O)/C=C/c2ccccc2)cc1.